The predicted molar refractivity (Wildman–Crippen MR) is 101 cm³/mol. The fourth-order valence-electron chi connectivity index (χ4n) is 3.07. The van der Waals surface area contributed by atoms with Crippen LogP contribution >= 0.6 is 11.3 Å². The lowest BCUT2D eigenvalue weighted by Gasteiger charge is -2.16. The van der Waals surface area contributed by atoms with E-state index in [4.69, 9.17) is 4.74 Å². The van der Waals surface area contributed by atoms with Crippen LogP contribution in [0.25, 0.3) is 0 Å². The summed E-state index contributed by atoms with van der Waals surface area (Å²) in [5.74, 6) is 1.31. The molecule has 0 spiro atoms. The van der Waals surface area contributed by atoms with Gasteiger partial charge in [0.05, 0.1) is 4.88 Å². The summed E-state index contributed by atoms with van der Waals surface area (Å²) in [5, 5.41) is 12.8. The number of thiophene rings is 1. The Labute approximate surface area is 152 Å². The van der Waals surface area contributed by atoms with Crippen molar-refractivity contribution < 1.29 is 14.6 Å². The molecule has 25 heavy (non-hydrogen) atoms. The normalized spacial score (nSPS) is 17.6. The fraction of sp³-hybridized carbons (Fsp3) is 0.450. The smallest absolute Gasteiger partial charge is 0.261 e. The molecular weight excluding hydrogens is 334 g/mol. The Hall–Kier alpha value is -1.85. The maximum Gasteiger partial charge on any atom is 0.261 e. The maximum absolute atomic E-state index is 12.3. The highest BCUT2D eigenvalue weighted by Crippen LogP contribution is 2.32. The van der Waals surface area contributed by atoms with Crippen molar-refractivity contribution in [1.82, 2.24) is 5.32 Å². The van der Waals surface area contributed by atoms with Gasteiger partial charge in [0, 0.05) is 11.4 Å². The number of fused-ring (bicyclic) bond motifs is 1. The summed E-state index contributed by atoms with van der Waals surface area (Å²) in [6, 6.07) is 9.70. The average molecular weight is 359 g/mol. The summed E-state index contributed by atoms with van der Waals surface area (Å²) in [6.45, 7) is 4.58. The van der Waals surface area contributed by atoms with Gasteiger partial charge in [-0.2, -0.15) is 0 Å². The number of hydrogen-bond donors (Lipinski definition) is 2. The largest absolute Gasteiger partial charge is 0.491 e. The number of aryl methyl sites for hydroxylation is 2. The van der Waals surface area contributed by atoms with Crippen LogP contribution in [0, 0.1) is 12.8 Å². The molecule has 0 aliphatic heterocycles. The quantitative estimate of drug-likeness (QED) is 0.831. The van der Waals surface area contributed by atoms with Crippen LogP contribution in [0.2, 0.25) is 0 Å². The molecule has 0 radical (unpaired) electrons. The molecule has 1 amide bonds. The molecule has 1 aromatic carbocycles. The van der Waals surface area contributed by atoms with E-state index in [1.54, 1.807) is 11.3 Å². The standard InChI is InChI=1S/C20H25NO3S/c1-13-4-3-5-17(9-13)24-12-16(22)11-21-20(23)19-10-15-8-14(2)6-7-18(15)25-19/h3-5,9-10,14,16,22H,6-8,11-12H2,1-2H3,(H,21,23)/t14-,16+/m0/s1. The molecule has 3 rings (SSSR count). The molecule has 1 aromatic heterocycles. The third-order valence-corrected chi connectivity index (χ3v) is 5.72. The molecule has 2 N–H and O–H groups in total. The van der Waals surface area contributed by atoms with E-state index < -0.39 is 6.10 Å². The van der Waals surface area contributed by atoms with E-state index in [2.05, 4.69) is 12.2 Å². The molecule has 0 saturated heterocycles. The number of ether oxygens (including phenoxy) is 1. The minimum Gasteiger partial charge on any atom is -0.491 e. The molecule has 0 fully saturated rings. The molecule has 0 saturated carbocycles. The fourth-order valence-corrected chi connectivity index (χ4v) is 4.20. The number of aliphatic hydroxyl groups is 1. The van der Waals surface area contributed by atoms with Gasteiger partial charge < -0.3 is 15.2 Å². The van der Waals surface area contributed by atoms with E-state index in [0.29, 0.717) is 5.92 Å². The van der Waals surface area contributed by atoms with Crippen LogP contribution in [0.15, 0.2) is 30.3 Å². The Morgan fingerprint density at radius 2 is 2.28 bits per heavy atom. The first-order valence-corrected chi connectivity index (χ1v) is 9.60. The first-order chi connectivity index (χ1) is 12.0. The number of carbonyl (C=O) groups excluding carboxylic acids is 1. The monoisotopic (exact) mass is 359 g/mol. The molecule has 1 aliphatic rings. The summed E-state index contributed by atoms with van der Waals surface area (Å²) in [5.41, 5.74) is 2.42. The molecule has 0 unspecified atom stereocenters. The van der Waals surface area contributed by atoms with Crippen LogP contribution in [0.3, 0.4) is 0 Å². The van der Waals surface area contributed by atoms with Gasteiger partial charge in [0.15, 0.2) is 0 Å². The lowest BCUT2D eigenvalue weighted by atomic mass is 9.90. The molecule has 5 heteroatoms. The van der Waals surface area contributed by atoms with Gasteiger partial charge in [-0.05, 0) is 61.4 Å². The van der Waals surface area contributed by atoms with Gasteiger partial charge in [-0.3, -0.25) is 4.79 Å². The van der Waals surface area contributed by atoms with Crippen LogP contribution < -0.4 is 10.1 Å². The second kappa shape index (κ2) is 8.02. The number of nitrogens with one attached hydrogen (secondary N) is 1. The van der Waals surface area contributed by atoms with Gasteiger partial charge in [-0.15, -0.1) is 11.3 Å². The molecule has 1 heterocycles. The second-order valence-electron chi connectivity index (χ2n) is 6.90. The molecule has 134 valence electrons. The van der Waals surface area contributed by atoms with E-state index in [1.165, 1.54) is 16.9 Å². The van der Waals surface area contributed by atoms with Crippen molar-refractivity contribution in [1.29, 1.82) is 0 Å². The van der Waals surface area contributed by atoms with Crippen LogP contribution in [-0.2, 0) is 12.8 Å². The third kappa shape index (κ3) is 4.83. The zero-order chi connectivity index (χ0) is 17.8. The number of benzene rings is 1. The average Bonchev–Trinajstić information content (AvgIpc) is 3.01. The predicted octanol–water partition coefficient (Wildman–Crippen LogP) is 3.35. The van der Waals surface area contributed by atoms with Gasteiger partial charge in [-0.25, -0.2) is 0 Å². The van der Waals surface area contributed by atoms with Gasteiger partial charge >= 0.3 is 0 Å². The highest BCUT2D eigenvalue weighted by Gasteiger charge is 2.21. The van der Waals surface area contributed by atoms with Crippen molar-refractivity contribution >= 4 is 17.2 Å². The molecule has 2 aromatic rings. The Balaban J connectivity index is 1.47. The van der Waals surface area contributed by atoms with E-state index >= 15 is 0 Å². The van der Waals surface area contributed by atoms with Crippen molar-refractivity contribution in [3.63, 3.8) is 0 Å². The Kier molecular flexibility index (Phi) is 5.76. The summed E-state index contributed by atoms with van der Waals surface area (Å²) in [4.78, 5) is 14.4. The number of aliphatic hydroxyl groups excluding tert-OH is 1. The zero-order valence-corrected chi connectivity index (χ0v) is 15.6. The van der Waals surface area contributed by atoms with E-state index in [1.807, 2.05) is 37.3 Å². The number of carbonyl (C=O) groups is 1. The van der Waals surface area contributed by atoms with Crippen molar-refractivity contribution in [3.8, 4) is 5.75 Å². The number of hydrogen-bond acceptors (Lipinski definition) is 4. The summed E-state index contributed by atoms with van der Waals surface area (Å²) >= 11 is 1.58. The zero-order valence-electron chi connectivity index (χ0n) is 14.7. The van der Waals surface area contributed by atoms with Gasteiger partial charge in [0.1, 0.15) is 18.5 Å². The van der Waals surface area contributed by atoms with Gasteiger partial charge in [0.2, 0.25) is 0 Å². The maximum atomic E-state index is 12.3. The SMILES string of the molecule is Cc1cccc(OC[C@H](O)CNC(=O)c2cc3c(s2)CC[C@H](C)C3)c1. The summed E-state index contributed by atoms with van der Waals surface area (Å²) in [7, 11) is 0. The third-order valence-electron chi connectivity index (χ3n) is 4.48. The highest BCUT2D eigenvalue weighted by molar-refractivity contribution is 7.14. The van der Waals surface area contributed by atoms with Gasteiger partial charge in [0.25, 0.3) is 5.91 Å². The second-order valence-corrected chi connectivity index (χ2v) is 8.04. The first kappa shape index (κ1) is 18.0. The molecular formula is C20H25NO3S. The van der Waals surface area contributed by atoms with E-state index in [-0.39, 0.29) is 19.1 Å². The van der Waals surface area contributed by atoms with Crippen LogP contribution in [0.1, 0.15) is 39.0 Å². The van der Waals surface area contributed by atoms with Crippen molar-refractivity contribution in [2.75, 3.05) is 13.2 Å². The highest BCUT2D eigenvalue weighted by atomic mass is 32.1. The topological polar surface area (TPSA) is 58.6 Å². The summed E-state index contributed by atoms with van der Waals surface area (Å²) < 4.78 is 5.57. The Morgan fingerprint density at radius 1 is 1.44 bits per heavy atom. The molecule has 1 aliphatic carbocycles. The number of rotatable bonds is 6. The van der Waals surface area contributed by atoms with Crippen molar-refractivity contribution in [2.45, 2.75) is 39.2 Å². The lowest BCUT2D eigenvalue weighted by molar-refractivity contribution is 0.0847. The van der Waals surface area contributed by atoms with Crippen LogP contribution in [0.4, 0.5) is 0 Å². The van der Waals surface area contributed by atoms with Crippen LogP contribution in [-0.4, -0.2) is 30.3 Å². The molecule has 4 nitrogen and oxygen atoms in total. The Morgan fingerprint density at radius 3 is 3.08 bits per heavy atom. The Bertz CT molecular complexity index is 740. The van der Waals surface area contributed by atoms with Crippen molar-refractivity contribution in [3.05, 3.63) is 51.2 Å². The van der Waals surface area contributed by atoms with E-state index in [0.717, 1.165) is 29.0 Å². The molecule has 2 atom stereocenters. The van der Waals surface area contributed by atoms with E-state index in [9.17, 15) is 9.90 Å². The minimum absolute atomic E-state index is 0.110. The van der Waals surface area contributed by atoms with Crippen LogP contribution in [0.5, 0.6) is 5.75 Å². The molecule has 0 bridgehead atoms. The van der Waals surface area contributed by atoms with Gasteiger partial charge in [-0.1, -0.05) is 19.1 Å². The minimum atomic E-state index is -0.737. The number of amides is 1. The van der Waals surface area contributed by atoms with Crippen molar-refractivity contribution in [2.24, 2.45) is 5.92 Å². The summed E-state index contributed by atoms with van der Waals surface area (Å²) in [6.07, 6.45) is 2.59. The lowest BCUT2D eigenvalue weighted by Crippen LogP contribution is -2.35. The first-order valence-electron chi connectivity index (χ1n) is 8.78.